The summed E-state index contributed by atoms with van der Waals surface area (Å²) in [5.41, 5.74) is 0.686. The average molecular weight is 180 g/mol. The lowest BCUT2D eigenvalue weighted by Gasteiger charge is -2.36. The van der Waals surface area contributed by atoms with Crippen LogP contribution in [0.3, 0.4) is 0 Å². The first-order valence-electron chi connectivity index (χ1n) is 5.72. The number of rotatable bonds is 1. The number of carbonyl (C=O) groups is 1. The first-order chi connectivity index (χ1) is 6.22. The normalized spacial score (nSPS) is 28.1. The van der Waals surface area contributed by atoms with E-state index >= 15 is 0 Å². The van der Waals surface area contributed by atoms with Gasteiger partial charge >= 0.3 is 0 Å². The highest BCUT2D eigenvalue weighted by Crippen LogP contribution is 2.50. The van der Waals surface area contributed by atoms with E-state index in [9.17, 15) is 4.79 Å². The summed E-state index contributed by atoms with van der Waals surface area (Å²) < 4.78 is 0. The minimum atomic E-state index is 0.409. The molecule has 2 saturated carbocycles. The predicted molar refractivity (Wildman–Crippen MR) is 53.5 cm³/mol. The van der Waals surface area contributed by atoms with Crippen molar-refractivity contribution in [1.29, 1.82) is 0 Å². The molecule has 0 atom stereocenters. The van der Waals surface area contributed by atoms with Crippen molar-refractivity contribution < 1.29 is 4.79 Å². The van der Waals surface area contributed by atoms with Crippen molar-refractivity contribution in [2.75, 3.05) is 0 Å². The maximum atomic E-state index is 11.2. The maximum absolute atomic E-state index is 11.2. The van der Waals surface area contributed by atoms with Gasteiger partial charge in [-0.15, -0.1) is 0 Å². The van der Waals surface area contributed by atoms with Crippen LogP contribution in [0.2, 0.25) is 0 Å². The largest absolute Gasteiger partial charge is 0.300 e. The quantitative estimate of drug-likeness (QED) is 0.605. The molecule has 2 rings (SSSR count). The molecule has 2 aliphatic rings. The average Bonchev–Trinajstić information content (AvgIpc) is 2.54. The van der Waals surface area contributed by atoms with Gasteiger partial charge in [-0.3, -0.25) is 4.79 Å². The van der Waals surface area contributed by atoms with Crippen LogP contribution in [0.15, 0.2) is 0 Å². The van der Waals surface area contributed by atoms with Gasteiger partial charge in [0.1, 0.15) is 5.78 Å². The molecule has 2 aliphatic carbocycles. The SMILES string of the molecule is CC(=O)C1CCC2(CCCC2)CC1. The molecule has 0 N–H and O–H groups in total. The molecule has 0 aromatic heterocycles. The maximum Gasteiger partial charge on any atom is 0.132 e. The molecule has 1 nitrogen and oxygen atoms in total. The van der Waals surface area contributed by atoms with Crippen molar-refractivity contribution in [2.45, 2.75) is 58.3 Å². The van der Waals surface area contributed by atoms with Crippen molar-refractivity contribution in [3.63, 3.8) is 0 Å². The van der Waals surface area contributed by atoms with E-state index in [4.69, 9.17) is 0 Å². The third kappa shape index (κ3) is 1.79. The van der Waals surface area contributed by atoms with Crippen molar-refractivity contribution in [2.24, 2.45) is 11.3 Å². The van der Waals surface area contributed by atoms with Gasteiger partial charge in [0.2, 0.25) is 0 Å². The minimum Gasteiger partial charge on any atom is -0.300 e. The third-order valence-electron chi connectivity index (χ3n) is 4.29. The number of Topliss-reactive ketones (excluding diaryl/α,β-unsaturated/α-hetero) is 1. The Balaban J connectivity index is 1.91. The Morgan fingerprint density at radius 1 is 1.08 bits per heavy atom. The van der Waals surface area contributed by atoms with Gasteiger partial charge in [-0.2, -0.15) is 0 Å². The van der Waals surface area contributed by atoms with Crippen LogP contribution in [0, 0.1) is 11.3 Å². The Bertz CT molecular complexity index is 191. The molecular weight excluding hydrogens is 160 g/mol. The summed E-state index contributed by atoms with van der Waals surface area (Å²) in [4.78, 5) is 11.2. The summed E-state index contributed by atoms with van der Waals surface area (Å²) >= 11 is 0. The number of hydrogen-bond acceptors (Lipinski definition) is 1. The van der Waals surface area contributed by atoms with Gasteiger partial charge in [-0.1, -0.05) is 12.8 Å². The van der Waals surface area contributed by atoms with Crippen LogP contribution in [0.25, 0.3) is 0 Å². The molecule has 1 spiro atoms. The second-order valence-corrected chi connectivity index (χ2v) is 5.09. The second-order valence-electron chi connectivity index (χ2n) is 5.09. The zero-order valence-electron chi connectivity index (χ0n) is 8.64. The van der Waals surface area contributed by atoms with Crippen molar-refractivity contribution >= 4 is 5.78 Å². The molecular formula is C12H20O. The van der Waals surface area contributed by atoms with Gasteiger partial charge in [0.15, 0.2) is 0 Å². The summed E-state index contributed by atoms with van der Waals surface area (Å²) in [6, 6.07) is 0. The van der Waals surface area contributed by atoms with Crippen LogP contribution in [-0.2, 0) is 4.79 Å². The molecule has 13 heavy (non-hydrogen) atoms. The first kappa shape index (κ1) is 9.23. The molecule has 0 radical (unpaired) electrons. The van der Waals surface area contributed by atoms with Gasteiger partial charge in [-0.05, 0) is 50.9 Å². The van der Waals surface area contributed by atoms with E-state index < -0.39 is 0 Å². The summed E-state index contributed by atoms with van der Waals surface area (Å²) in [6.07, 6.45) is 10.8. The fourth-order valence-corrected chi connectivity index (χ4v) is 3.26. The van der Waals surface area contributed by atoms with Gasteiger partial charge in [0.25, 0.3) is 0 Å². The standard InChI is InChI=1S/C12H20O/c1-10(13)11-4-8-12(9-5-11)6-2-3-7-12/h11H,2-9H2,1H3. The Kier molecular flexibility index (Phi) is 2.44. The van der Waals surface area contributed by atoms with Crippen LogP contribution >= 0.6 is 0 Å². The minimum absolute atomic E-state index is 0.409. The lowest BCUT2D eigenvalue weighted by molar-refractivity contribution is -0.122. The number of ketones is 1. The number of hydrogen-bond donors (Lipinski definition) is 0. The molecule has 0 heterocycles. The molecule has 0 saturated heterocycles. The van der Waals surface area contributed by atoms with Gasteiger partial charge < -0.3 is 0 Å². The highest BCUT2D eigenvalue weighted by atomic mass is 16.1. The molecule has 0 amide bonds. The molecule has 0 aromatic rings. The Labute approximate surface area is 80.9 Å². The zero-order valence-corrected chi connectivity index (χ0v) is 8.64. The van der Waals surface area contributed by atoms with E-state index in [2.05, 4.69) is 0 Å². The summed E-state index contributed by atoms with van der Waals surface area (Å²) in [7, 11) is 0. The van der Waals surface area contributed by atoms with E-state index in [-0.39, 0.29) is 0 Å². The topological polar surface area (TPSA) is 17.1 Å². The fourth-order valence-electron chi connectivity index (χ4n) is 3.26. The lowest BCUT2D eigenvalue weighted by atomic mass is 9.69. The van der Waals surface area contributed by atoms with E-state index in [1.165, 1.54) is 51.4 Å². The molecule has 2 fully saturated rings. The van der Waals surface area contributed by atoms with Crippen LogP contribution in [0.1, 0.15) is 58.3 Å². The van der Waals surface area contributed by atoms with Crippen molar-refractivity contribution in [1.82, 2.24) is 0 Å². The first-order valence-corrected chi connectivity index (χ1v) is 5.72. The van der Waals surface area contributed by atoms with Gasteiger partial charge in [0, 0.05) is 5.92 Å². The van der Waals surface area contributed by atoms with Crippen molar-refractivity contribution in [3.8, 4) is 0 Å². The van der Waals surface area contributed by atoms with Crippen LogP contribution in [0.4, 0.5) is 0 Å². The molecule has 74 valence electrons. The summed E-state index contributed by atoms with van der Waals surface area (Å²) in [5, 5.41) is 0. The van der Waals surface area contributed by atoms with Gasteiger partial charge in [-0.25, -0.2) is 0 Å². The van der Waals surface area contributed by atoms with Crippen LogP contribution in [-0.4, -0.2) is 5.78 Å². The van der Waals surface area contributed by atoms with Crippen molar-refractivity contribution in [3.05, 3.63) is 0 Å². The summed E-state index contributed by atoms with van der Waals surface area (Å²) in [5.74, 6) is 0.832. The Morgan fingerprint density at radius 2 is 1.62 bits per heavy atom. The zero-order chi connectivity index (χ0) is 9.31. The van der Waals surface area contributed by atoms with E-state index in [0.717, 1.165) is 0 Å². The fraction of sp³-hybridized carbons (Fsp3) is 0.917. The highest BCUT2D eigenvalue weighted by Gasteiger charge is 2.38. The Morgan fingerprint density at radius 3 is 2.08 bits per heavy atom. The Hall–Kier alpha value is -0.330. The third-order valence-corrected chi connectivity index (χ3v) is 4.29. The van der Waals surface area contributed by atoms with E-state index in [1.54, 1.807) is 6.92 Å². The lowest BCUT2D eigenvalue weighted by Crippen LogP contribution is -2.27. The van der Waals surface area contributed by atoms with E-state index in [1.807, 2.05) is 0 Å². The van der Waals surface area contributed by atoms with Crippen LogP contribution < -0.4 is 0 Å². The molecule has 0 aromatic carbocycles. The van der Waals surface area contributed by atoms with Crippen LogP contribution in [0.5, 0.6) is 0 Å². The molecule has 0 unspecified atom stereocenters. The second kappa shape index (κ2) is 3.43. The van der Waals surface area contributed by atoms with Gasteiger partial charge in [0.05, 0.1) is 0 Å². The smallest absolute Gasteiger partial charge is 0.132 e. The monoisotopic (exact) mass is 180 g/mol. The predicted octanol–water partition coefficient (Wildman–Crippen LogP) is 3.33. The molecule has 0 aliphatic heterocycles. The highest BCUT2D eigenvalue weighted by molar-refractivity contribution is 5.78. The number of carbonyl (C=O) groups excluding carboxylic acids is 1. The molecule has 1 heteroatoms. The summed E-state index contributed by atoms with van der Waals surface area (Å²) in [6.45, 7) is 1.76. The molecule has 0 bridgehead atoms. The van der Waals surface area contributed by atoms with E-state index in [0.29, 0.717) is 17.1 Å².